The molecule has 0 aliphatic carbocycles. The summed E-state index contributed by atoms with van der Waals surface area (Å²) >= 11 is 0. The molecular formula is C27H54NO. The van der Waals surface area contributed by atoms with Gasteiger partial charge < -0.3 is 5.32 Å². The first-order valence-electron chi connectivity index (χ1n) is 13.3. The molecule has 173 valence electrons. The summed E-state index contributed by atoms with van der Waals surface area (Å²) < 4.78 is 0. The predicted molar refractivity (Wildman–Crippen MR) is 130 cm³/mol. The van der Waals surface area contributed by atoms with Gasteiger partial charge in [0.25, 0.3) is 0 Å². The minimum Gasteiger partial charge on any atom is -0.353 e. The van der Waals surface area contributed by atoms with Crippen LogP contribution >= 0.6 is 0 Å². The van der Waals surface area contributed by atoms with Gasteiger partial charge in [0.2, 0.25) is 5.91 Å². The Hall–Kier alpha value is -0.530. The fraction of sp³-hybridized carbons (Fsp3) is 0.926. The van der Waals surface area contributed by atoms with Crippen LogP contribution in [0.4, 0.5) is 0 Å². The van der Waals surface area contributed by atoms with Crippen molar-refractivity contribution in [2.45, 2.75) is 161 Å². The monoisotopic (exact) mass is 408 g/mol. The first-order valence-corrected chi connectivity index (χ1v) is 13.3. The van der Waals surface area contributed by atoms with E-state index in [4.69, 9.17) is 0 Å². The molecule has 0 fully saturated rings. The molecule has 29 heavy (non-hydrogen) atoms. The van der Waals surface area contributed by atoms with Crippen LogP contribution in [0.1, 0.15) is 155 Å². The first-order chi connectivity index (χ1) is 14.2. The summed E-state index contributed by atoms with van der Waals surface area (Å²) in [6.45, 7) is 8.39. The minimum atomic E-state index is 0.0906. The van der Waals surface area contributed by atoms with Gasteiger partial charge in [-0.25, -0.2) is 0 Å². The molecule has 1 unspecified atom stereocenters. The molecular weight excluding hydrogens is 354 g/mol. The van der Waals surface area contributed by atoms with E-state index in [0.717, 1.165) is 19.3 Å². The maximum absolute atomic E-state index is 11.8. The largest absolute Gasteiger partial charge is 0.353 e. The molecule has 0 aromatic heterocycles. The van der Waals surface area contributed by atoms with Crippen LogP contribution in [0.5, 0.6) is 0 Å². The van der Waals surface area contributed by atoms with Crippen molar-refractivity contribution >= 4 is 5.91 Å². The van der Waals surface area contributed by atoms with Crippen LogP contribution in [0, 0.1) is 6.92 Å². The Morgan fingerprint density at radius 2 is 0.931 bits per heavy atom. The SMILES string of the molecule is [CH2]C(CCC)NC(=O)CCCCCCCCCCCCCCCCCCCCC. The Balaban J connectivity index is 3.12. The van der Waals surface area contributed by atoms with Crippen molar-refractivity contribution < 1.29 is 4.79 Å². The topological polar surface area (TPSA) is 29.1 Å². The van der Waals surface area contributed by atoms with E-state index >= 15 is 0 Å². The summed E-state index contributed by atoms with van der Waals surface area (Å²) in [5, 5.41) is 2.99. The number of amides is 1. The van der Waals surface area contributed by atoms with Crippen molar-refractivity contribution in [3.63, 3.8) is 0 Å². The van der Waals surface area contributed by atoms with Gasteiger partial charge in [-0.1, -0.05) is 136 Å². The molecule has 0 aliphatic heterocycles. The van der Waals surface area contributed by atoms with Crippen molar-refractivity contribution in [1.29, 1.82) is 0 Å². The Kier molecular flexibility index (Phi) is 23.3. The lowest BCUT2D eigenvalue weighted by Crippen LogP contribution is -2.32. The number of nitrogens with one attached hydrogen (secondary N) is 1. The molecule has 2 nitrogen and oxygen atoms in total. The highest BCUT2D eigenvalue weighted by Gasteiger charge is 2.05. The van der Waals surface area contributed by atoms with E-state index in [1.165, 1.54) is 116 Å². The van der Waals surface area contributed by atoms with Crippen LogP contribution in [-0.4, -0.2) is 11.9 Å². The molecule has 0 saturated carbocycles. The van der Waals surface area contributed by atoms with E-state index in [9.17, 15) is 4.79 Å². The van der Waals surface area contributed by atoms with Crippen molar-refractivity contribution in [2.75, 3.05) is 0 Å². The lowest BCUT2D eigenvalue weighted by atomic mass is 10.0. The van der Waals surface area contributed by atoms with Gasteiger partial charge in [0.1, 0.15) is 0 Å². The Morgan fingerprint density at radius 1 is 0.586 bits per heavy atom. The summed E-state index contributed by atoms with van der Waals surface area (Å²) in [6, 6.07) is 0.0906. The molecule has 1 atom stereocenters. The minimum absolute atomic E-state index is 0.0906. The molecule has 0 aromatic carbocycles. The van der Waals surface area contributed by atoms with Crippen LogP contribution < -0.4 is 5.32 Å². The van der Waals surface area contributed by atoms with Gasteiger partial charge in [0.05, 0.1) is 0 Å². The molecule has 1 radical (unpaired) electrons. The maximum Gasteiger partial charge on any atom is 0.220 e. The number of hydrogen-bond donors (Lipinski definition) is 1. The maximum atomic E-state index is 11.8. The van der Waals surface area contributed by atoms with Gasteiger partial charge >= 0.3 is 0 Å². The lowest BCUT2D eigenvalue weighted by molar-refractivity contribution is -0.121. The molecule has 1 N–H and O–H groups in total. The van der Waals surface area contributed by atoms with Crippen LogP contribution in [0.15, 0.2) is 0 Å². The third kappa shape index (κ3) is 23.6. The van der Waals surface area contributed by atoms with Crippen LogP contribution in [0.2, 0.25) is 0 Å². The third-order valence-electron chi connectivity index (χ3n) is 6.01. The van der Waals surface area contributed by atoms with E-state index in [0.29, 0.717) is 6.42 Å². The quantitative estimate of drug-likeness (QED) is 0.168. The van der Waals surface area contributed by atoms with E-state index in [2.05, 4.69) is 26.1 Å². The molecule has 0 saturated heterocycles. The summed E-state index contributed by atoms with van der Waals surface area (Å²) in [7, 11) is 0. The van der Waals surface area contributed by atoms with Gasteiger partial charge in [-0.3, -0.25) is 4.79 Å². The molecule has 0 bridgehead atoms. The Bertz CT molecular complexity index is 328. The van der Waals surface area contributed by atoms with Gasteiger partial charge in [-0.15, -0.1) is 0 Å². The molecule has 0 heterocycles. The van der Waals surface area contributed by atoms with Gasteiger partial charge in [0, 0.05) is 12.5 Å². The van der Waals surface area contributed by atoms with Gasteiger partial charge in [-0.05, 0) is 19.8 Å². The second-order valence-electron chi connectivity index (χ2n) is 9.17. The molecule has 1 amide bonds. The second kappa shape index (κ2) is 23.7. The highest BCUT2D eigenvalue weighted by Crippen LogP contribution is 2.14. The van der Waals surface area contributed by atoms with Crippen molar-refractivity contribution in [3.05, 3.63) is 6.92 Å². The van der Waals surface area contributed by atoms with Crippen molar-refractivity contribution in [2.24, 2.45) is 0 Å². The average Bonchev–Trinajstić information content (AvgIpc) is 2.70. The lowest BCUT2D eigenvalue weighted by Gasteiger charge is -2.12. The summed E-state index contributed by atoms with van der Waals surface area (Å²) in [5.74, 6) is 0.186. The normalized spacial score (nSPS) is 12.2. The van der Waals surface area contributed by atoms with Crippen LogP contribution in [0.3, 0.4) is 0 Å². The van der Waals surface area contributed by atoms with E-state index in [1.54, 1.807) is 0 Å². The third-order valence-corrected chi connectivity index (χ3v) is 6.01. The number of carbonyl (C=O) groups is 1. The summed E-state index contributed by atoms with van der Waals surface area (Å²) in [4.78, 5) is 11.8. The highest BCUT2D eigenvalue weighted by molar-refractivity contribution is 5.76. The van der Waals surface area contributed by atoms with E-state index < -0.39 is 0 Å². The number of carbonyl (C=O) groups excluding carboxylic acids is 1. The van der Waals surface area contributed by atoms with Crippen LogP contribution in [0.25, 0.3) is 0 Å². The number of hydrogen-bond acceptors (Lipinski definition) is 1. The standard InChI is InChI=1S/C27H54NO/c1-4-6-7-8-9-10-11-12-13-14-15-16-17-18-19-20-21-22-23-25-27(29)28-26(3)24-5-2/h26H,3-25H2,1-2H3,(H,28,29). The Labute approximate surface area is 184 Å². The van der Waals surface area contributed by atoms with Crippen LogP contribution in [-0.2, 0) is 4.79 Å². The fourth-order valence-electron chi connectivity index (χ4n) is 4.08. The van der Waals surface area contributed by atoms with Gasteiger partial charge in [0.15, 0.2) is 0 Å². The zero-order valence-electron chi connectivity index (χ0n) is 20.2. The average molecular weight is 409 g/mol. The highest BCUT2D eigenvalue weighted by atomic mass is 16.1. The summed E-state index contributed by atoms with van der Waals surface area (Å²) in [5.41, 5.74) is 0. The molecule has 0 spiro atoms. The molecule has 0 aliphatic rings. The molecule has 0 aromatic rings. The molecule has 2 heteroatoms. The fourth-order valence-corrected chi connectivity index (χ4v) is 4.08. The van der Waals surface area contributed by atoms with Crippen molar-refractivity contribution in [1.82, 2.24) is 5.32 Å². The zero-order chi connectivity index (χ0) is 21.4. The van der Waals surface area contributed by atoms with E-state index in [1.807, 2.05) is 0 Å². The number of unbranched alkanes of at least 4 members (excludes halogenated alkanes) is 18. The smallest absolute Gasteiger partial charge is 0.220 e. The predicted octanol–water partition coefficient (Wildman–Crippen LogP) is 8.93. The Morgan fingerprint density at radius 3 is 1.28 bits per heavy atom. The summed E-state index contributed by atoms with van der Waals surface area (Å²) in [6.07, 6.45) is 29.1. The number of rotatable bonds is 23. The second-order valence-corrected chi connectivity index (χ2v) is 9.17. The zero-order valence-corrected chi connectivity index (χ0v) is 20.2. The first kappa shape index (κ1) is 28.5. The van der Waals surface area contributed by atoms with E-state index in [-0.39, 0.29) is 11.9 Å². The molecule has 0 rings (SSSR count). The van der Waals surface area contributed by atoms with Gasteiger partial charge in [-0.2, -0.15) is 0 Å². The van der Waals surface area contributed by atoms with Crippen molar-refractivity contribution in [3.8, 4) is 0 Å².